The molecule has 2 fully saturated rings. The normalized spacial score (nSPS) is 36.7. The van der Waals surface area contributed by atoms with Crippen molar-refractivity contribution in [3.8, 4) is 5.75 Å². The van der Waals surface area contributed by atoms with Gasteiger partial charge in [-0.1, -0.05) is 13.8 Å². The molecule has 0 spiro atoms. The molecule has 20 heavy (non-hydrogen) atoms. The molecule has 0 heterocycles. The van der Waals surface area contributed by atoms with Crippen molar-refractivity contribution in [1.82, 2.24) is 0 Å². The van der Waals surface area contributed by atoms with Gasteiger partial charge in [-0.2, -0.15) is 0 Å². The van der Waals surface area contributed by atoms with E-state index in [1.54, 1.807) is 7.11 Å². The summed E-state index contributed by atoms with van der Waals surface area (Å²) in [7, 11) is 1.81. The molecule has 110 valence electrons. The van der Waals surface area contributed by atoms with E-state index in [0.29, 0.717) is 5.41 Å². The summed E-state index contributed by atoms with van der Waals surface area (Å²) < 4.78 is 6.98. The highest BCUT2D eigenvalue weighted by Gasteiger charge is 2.42. The molecule has 2 unspecified atom stereocenters. The maximum atomic E-state index is 5.66. The van der Waals surface area contributed by atoms with Crippen LogP contribution in [0.25, 0.3) is 0 Å². The lowest BCUT2D eigenvalue weighted by molar-refractivity contribution is 0.0886. The van der Waals surface area contributed by atoms with Crippen LogP contribution in [0.15, 0.2) is 18.2 Å². The molecule has 1 aromatic rings. The van der Waals surface area contributed by atoms with Crippen LogP contribution in [0.2, 0.25) is 0 Å². The van der Waals surface area contributed by atoms with E-state index in [0.717, 1.165) is 23.5 Å². The fourth-order valence-corrected chi connectivity index (χ4v) is 5.45. The molecule has 2 aliphatic rings. The summed E-state index contributed by atoms with van der Waals surface area (Å²) in [4.78, 5) is 0. The Balaban J connectivity index is 1.95. The van der Waals surface area contributed by atoms with Gasteiger partial charge < -0.3 is 4.74 Å². The Hall–Kier alpha value is -0.250. The molecule has 1 nitrogen and oxygen atoms in total. The molecule has 3 rings (SSSR count). The maximum absolute atomic E-state index is 5.66. The minimum atomic E-state index is 0.306. The second kappa shape index (κ2) is 5.51. The second-order valence-corrected chi connectivity index (χ2v) is 8.60. The van der Waals surface area contributed by atoms with Crippen LogP contribution in [0, 0.1) is 21.3 Å². The summed E-state index contributed by atoms with van der Waals surface area (Å²) in [6.45, 7) is 4.91. The third-order valence-corrected chi connectivity index (χ3v) is 6.10. The number of hydrogen-bond donors (Lipinski definition) is 0. The highest BCUT2D eigenvalue weighted by molar-refractivity contribution is 14.1. The molecule has 2 heteroatoms. The molecule has 2 atom stereocenters. The number of halogens is 1. The molecule has 2 aliphatic carbocycles. The van der Waals surface area contributed by atoms with Crippen LogP contribution in [0.3, 0.4) is 0 Å². The fourth-order valence-electron chi connectivity index (χ4n) is 4.96. The van der Waals surface area contributed by atoms with Crippen LogP contribution in [0.1, 0.15) is 51.5 Å². The lowest BCUT2D eigenvalue weighted by Gasteiger charge is -2.48. The molecular weight excluding hydrogens is 359 g/mol. The van der Waals surface area contributed by atoms with Crippen LogP contribution < -0.4 is 4.74 Å². The number of ether oxygens (including phenoxy) is 1. The molecular formula is C18H25IO. The molecule has 1 aromatic carbocycles. The van der Waals surface area contributed by atoms with Gasteiger partial charge in [-0.3, -0.25) is 0 Å². The van der Waals surface area contributed by atoms with Crippen LogP contribution in [0.4, 0.5) is 0 Å². The Morgan fingerprint density at radius 2 is 1.80 bits per heavy atom. The van der Waals surface area contributed by atoms with Gasteiger partial charge in [0, 0.05) is 9.13 Å². The van der Waals surface area contributed by atoms with Crippen molar-refractivity contribution in [2.45, 2.75) is 51.4 Å². The Kier molecular flexibility index (Phi) is 4.04. The number of fused-ring (bicyclic) bond motifs is 2. The van der Waals surface area contributed by atoms with Crippen molar-refractivity contribution in [2.24, 2.45) is 17.8 Å². The van der Waals surface area contributed by atoms with E-state index >= 15 is 0 Å². The first-order valence-corrected chi connectivity index (χ1v) is 8.92. The van der Waals surface area contributed by atoms with Gasteiger partial charge in [0.15, 0.2) is 0 Å². The maximum Gasteiger partial charge on any atom is 0.122 e. The third-order valence-electron chi connectivity index (χ3n) is 5.43. The van der Waals surface area contributed by atoms with Gasteiger partial charge >= 0.3 is 0 Å². The largest absolute Gasteiger partial charge is 0.496 e. The predicted molar refractivity (Wildman–Crippen MR) is 92.3 cm³/mol. The molecule has 0 radical (unpaired) electrons. The average molecular weight is 384 g/mol. The summed E-state index contributed by atoms with van der Waals surface area (Å²) >= 11 is 2.42. The first-order chi connectivity index (χ1) is 9.50. The Bertz CT molecular complexity index is 478. The average Bonchev–Trinajstić information content (AvgIpc) is 2.37. The van der Waals surface area contributed by atoms with E-state index in [9.17, 15) is 0 Å². The Morgan fingerprint density at radius 3 is 2.40 bits per heavy atom. The highest BCUT2D eigenvalue weighted by Crippen LogP contribution is 2.52. The number of hydrogen-bond acceptors (Lipinski definition) is 1. The molecule has 0 amide bonds. The third kappa shape index (κ3) is 2.72. The molecule has 0 N–H and O–H groups in total. The van der Waals surface area contributed by atoms with Crippen LogP contribution in [-0.4, -0.2) is 7.11 Å². The zero-order valence-corrected chi connectivity index (χ0v) is 14.9. The van der Waals surface area contributed by atoms with Gasteiger partial charge in [-0.15, -0.1) is 0 Å². The topological polar surface area (TPSA) is 9.23 Å². The SMILES string of the molecule is COc1ccc(I)cc1C1(C)CC2CC(C)CC(C2)C1. The van der Waals surface area contributed by atoms with Gasteiger partial charge in [0.25, 0.3) is 0 Å². The van der Waals surface area contributed by atoms with E-state index in [-0.39, 0.29) is 0 Å². The second-order valence-electron chi connectivity index (χ2n) is 7.36. The van der Waals surface area contributed by atoms with Crippen LogP contribution in [0.5, 0.6) is 5.75 Å². The van der Waals surface area contributed by atoms with Gasteiger partial charge in [0.2, 0.25) is 0 Å². The first-order valence-electron chi connectivity index (χ1n) is 7.84. The van der Waals surface area contributed by atoms with Crippen LogP contribution in [-0.2, 0) is 5.41 Å². The van der Waals surface area contributed by atoms with E-state index in [2.05, 4.69) is 54.6 Å². The van der Waals surface area contributed by atoms with E-state index < -0.39 is 0 Å². The number of methoxy groups -OCH3 is 1. The number of benzene rings is 1. The molecule has 2 saturated carbocycles. The first kappa shape index (κ1) is 14.7. The molecule has 0 saturated heterocycles. The summed E-state index contributed by atoms with van der Waals surface area (Å²) in [6.07, 6.45) is 7.00. The van der Waals surface area contributed by atoms with Crippen molar-refractivity contribution < 1.29 is 4.74 Å². The molecule has 0 aliphatic heterocycles. The smallest absolute Gasteiger partial charge is 0.122 e. The van der Waals surface area contributed by atoms with Gasteiger partial charge in [-0.25, -0.2) is 0 Å². The van der Waals surface area contributed by atoms with Crippen molar-refractivity contribution in [3.63, 3.8) is 0 Å². The summed E-state index contributed by atoms with van der Waals surface area (Å²) in [6, 6.07) is 6.65. The van der Waals surface area contributed by atoms with Gasteiger partial charge in [-0.05, 0) is 96.1 Å². The summed E-state index contributed by atoms with van der Waals surface area (Å²) in [5, 5.41) is 0. The van der Waals surface area contributed by atoms with Crippen molar-refractivity contribution >= 4 is 22.6 Å². The van der Waals surface area contributed by atoms with E-state index in [1.165, 1.54) is 41.2 Å². The molecule has 2 bridgehead atoms. The fraction of sp³-hybridized carbons (Fsp3) is 0.667. The van der Waals surface area contributed by atoms with Crippen molar-refractivity contribution in [1.29, 1.82) is 0 Å². The quantitative estimate of drug-likeness (QED) is 0.620. The van der Waals surface area contributed by atoms with Crippen molar-refractivity contribution in [3.05, 3.63) is 27.3 Å². The zero-order valence-electron chi connectivity index (χ0n) is 12.8. The van der Waals surface area contributed by atoms with Crippen molar-refractivity contribution in [2.75, 3.05) is 7.11 Å². The minimum Gasteiger partial charge on any atom is -0.496 e. The zero-order chi connectivity index (χ0) is 14.3. The Labute approximate surface area is 136 Å². The highest BCUT2D eigenvalue weighted by atomic mass is 127. The minimum absolute atomic E-state index is 0.306. The lowest BCUT2D eigenvalue weighted by atomic mass is 9.57. The molecule has 0 aromatic heterocycles. The van der Waals surface area contributed by atoms with Crippen LogP contribution >= 0.6 is 22.6 Å². The number of rotatable bonds is 2. The Morgan fingerprint density at radius 1 is 1.15 bits per heavy atom. The standard InChI is InChI=1S/C18H25IO/c1-12-6-13-8-14(7-12)11-18(2,10-13)16-9-15(19)4-5-17(16)20-3/h4-5,9,12-14H,6-8,10-11H2,1-3H3. The van der Waals surface area contributed by atoms with E-state index in [1.807, 2.05) is 0 Å². The van der Waals surface area contributed by atoms with E-state index in [4.69, 9.17) is 4.74 Å². The van der Waals surface area contributed by atoms with Gasteiger partial charge in [0.05, 0.1) is 7.11 Å². The predicted octanol–water partition coefficient (Wildman–Crippen LogP) is 5.40. The summed E-state index contributed by atoms with van der Waals surface area (Å²) in [5.74, 6) is 3.86. The van der Waals surface area contributed by atoms with Gasteiger partial charge in [0.1, 0.15) is 5.75 Å². The summed E-state index contributed by atoms with van der Waals surface area (Å²) in [5.41, 5.74) is 1.75. The monoisotopic (exact) mass is 384 g/mol. The lowest BCUT2D eigenvalue weighted by Crippen LogP contribution is -2.39.